The summed E-state index contributed by atoms with van der Waals surface area (Å²) in [6, 6.07) is 0. The normalized spacial score (nSPS) is 31.4. The Hall–Kier alpha value is -0.120. The van der Waals surface area contributed by atoms with Crippen LogP contribution in [0.3, 0.4) is 0 Å². The molecule has 0 bridgehead atoms. The average Bonchev–Trinajstić information content (AvgIpc) is 3.02. The van der Waals surface area contributed by atoms with Gasteiger partial charge in [-0.3, -0.25) is 4.90 Å². The van der Waals surface area contributed by atoms with E-state index in [0.717, 1.165) is 12.5 Å². The van der Waals surface area contributed by atoms with E-state index in [1.807, 2.05) is 0 Å². The zero-order chi connectivity index (χ0) is 14.2. The summed E-state index contributed by atoms with van der Waals surface area (Å²) >= 11 is 0. The molecule has 0 aromatic heterocycles. The van der Waals surface area contributed by atoms with Crippen molar-refractivity contribution in [3.63, 3.8) is 0 Å². The van der Waals surface area contributed by atoms with E-state index in [-0.39, 0.29) is 5.54 Å². The maximum Gasteiger partial charge on any atom is 0.0357 e. The van der Waals surface area contributed by atoms with Crippen LogP contribution >= 0.6 is 0 Å². The predicted octanol–water partition coefficient (Wildman–Crippen LogP) is 2.31. The van der Waals surface area contributed by atoms with Crippen molar-refractivity contribution >= 4 is 0 Å². The summed E-state index contributed by atoms with van der Waals surface area (Å²) in [6.45, 7) is 12.3. The van der Waals surface area contributed by atoms with E-state index in [4.69, 9.17) is 5.73 Å². The highest BCUT2D eigenvalue weighted by Crippen LogP contribution is 2.56. The standard InChI is InChI=1S/C17H33N3/c1-16(7-8-16)17(2,14-18)20-11-5-15(6-12-20)13-19-9-3-4-10-19/h15H,3-14,18H2,1-2H3. The van der Waals surface area contributed by atoms with Crippen LogP contribution < -0.4 is 5.73 Å². The Balaban J connectivity index is 1.52. The largest absolute Gasteiger partial charge is 0.329 e. The lowest BCUT2D eigenvalue weighted by molar-refractivity contribution is 0.0143. The van der Waals surface area contributed by atoms with Crippen LogP contribution in [0.15, 0.2) is 0 Å². The summed E-state index contributed by atoms with van der Waals surface area (Å²) in [5.74, 6) is 0.929. The van der Waals surface area contributed by atoms with Gasteiger partial charge in [0.1, 0.15) is 0 Å². The van der Waals surface area contributed by atoms with Crippen LogP contribution in [0.25, 0.3) is 0 Å². The molecule has 0 amide bonds. The molecule has 3 rings (SSSR count). The summed E-state index contributed by atoms with van der Waals surface area (Å²) < 4.78 is 0. The molecule has 1 atom stereocenters. The molecule has 0 aromatic rings. The molecule has 1 aliphatic carbocycles. The lowest BCUT2D eigenvalue weighted by Gasteiger charge is -2.49. The van der Waals surface area contributed by atoms with Crippen LogP contribution in [0.2, 0.25) is 0 Å². The van der Waals surface area contributed by atoms with Crippen molar-refractivity contribution in [2.24, 2.45) is 17.1 Å². The van der Waals surface area contributed by atoms with E-state index in [0.29, 0.717) is 5.41 Å². The Labute approximate surface area is 124 Å². The number of hydrogen-bond donors (Lipinski definition) is 1. The highest BCUT2D eigenvalue weighted by Gasteiger charge is 2.55. The van der Waals surface area contributed by atoms with Crippen LogP contribution in [-0.2, 0) is 0 Å². The second kappa shape index (κ2) is 5.58. The molecule has 20 heavy (non-hydrogen) atoms. The van der Waals surface area contributed by atoms with E-state index in [1.165, 1.54) is 71.2 Å². The fourth-order valence-electron chi connectivity index (χ4n) is 4.42. The van der Waals surface area contributed by atoms with E-state index >= 15 is 0 Å². The number of likely N-dealkylation sites (tertiary alicyclic amines) is 2. The lowest BCUT2D eigenvalue weighted by atomic mass is 9.80. The van der Waals surface area contributed by atoms with Gasteiger partial charge in [0.2, 0.25) is 0 Å². The van der Waals surface area contributed by atoms with Gasteiger partial charge < -0.3 is 10.6 Å². The number of rotatable bonds is 5. The maximum absolute atomic E-state index is 6.18. The van der Waals surface area contributed by atoms with Crippen molar-refractivity contribution in [3.05, 3.63) is 0 Å². The third-order valence-electron chi connectivity index (χ3n) is 6.73. The molecule has 1 saturated carbocycles. The predicted molar refractivity (Wildman–Crippen MR) is 84.8 cm³/mol. The first-order chi connectivity index (χ1) is 9.57. The molecular weight excluding hydrogens is 246 g/mol. The van der Waals surface area contributed by atoms with Gasteiger partial charge in [-0.05, 0) is 83.0 Å². The first-order valence-electron chi connectivity index (χ1n) is 8.75. The quantitative estimate of drug-likeness (QED) is 0.838. The average molecular weight is 279 g/mol. The molecule has 2 N–H and O–H groups in total. The highest BCUT2D eigenvalue weighted by molar-refractivity contribution is 5.10. The van der Waals surface area contributed by atoms with Crippen LogP contribution in [0.4, 0.5) is 0 Å². The smallest absolute Gasteiger partial charge is 0.0357 e. The Morgan fingerprint density at radius 2 is 1.70 bits per heavy atom. The molecule has 116 valence electrons. The van der Waals surface area contributed by atoms with Gasteiger partial charge in [-0.25, -0.2) is 0 Å². The van der Waals surface area contributed by atoms with Gasteiger partial charge in [-0.2, -0.15) is 0 Å². The fourth-order valence-corrected chi connectivity index (χ4v) is 4.42. The minimum Gasteiger partial charge on any atom is -0.329 e. The number of nitrogens with two attached hydrogens (primary N) is 1. The number of piperidine rings is 1. The first-order valence-corrected chi connectivity index (χ1v) is 8.75. The zero-order valence-corrected chi connectivity index (χ0v) is 13.5. The van der Waals surface area contributed by atoms with Crippen molar-refractivity contribution in [1.29, 1.82) is 0 Å². The molecule has 3 fully saturated rings. The van der Waals surface area contributed by atoms with Gasteiger partial charge in [0.15, 0.2) is 0 Å². The van der Waals surface area contributed by atoms with Gasteiger partial charge in [-0.1, -0.05) is 6.92 Å². The molecule has 2 aliphatic heterocycles. The maximum atomic E-state index is 6.18. The summed E-state index contributed by atoms with van der Waals surface area (Å²) in [4.78, 5) is 5.41. The second-order valence-electron chi connectivity index (χ2n) is 7.98. The molecule has 2 saturated heterocycles. The highest BCUT2D eigenvalue weighted by atomic mass is 15.2. The minimum absolute atomic E-state index is 0.242. The van der Waals surface area contributed by atoms with Crippen molar-refractivity contribution in [2.75, 3.05) is 39.3 Å². The first kappa shape index (κ1) is 14.8. The van der Waals surface area contributed by atoms with Gasteiger partial charge in [0.05, 0.1) is 0 Å². The van der Waals surface area contributed by atoms with Crippen LogP contribution in [0.5, 0.6) is 0 Å². The molecule has 2 heterocycles. The van der Waals surface area contributed by atoms with Gasteiger partial charge in [-0.15, -0.1) is 0 Å². The number of nitrogens with zero attached hydrogens (tertiary/aromatic N) is 2. The molecule has 0 spiro atoms. The van der Waals surface area contributed by atoms with E-state index < -0.39 is 0 Å². The summed E-state index contributed by atoms with van der Waals surface area (Å²) in [6.07, 6.45) is 8.33. The van der Waals surface area contributed by atoms with E-state index in [2.05, 4.69) is 23.6 Å². The van der Waals surface area contributed by atoms with Gasteiger partial charge in [0.25, 0.3) is 0 Å². The third kappa shape index (κ3) is 2.65. The van der Waals surface area contributed by atoms with Gasteiger partial charge in [0, 0.05) is 18.6 Å². The summed E-state index contributed by atoms with van der Waals surface area (Å²) in [5.41, 5.74) is 6.91. The van der Waals surface area contributed by atoms with E-state index in [1.54, 1.807) is 0 Å². The molecule has 0 aromatic carbocycles. The molecule has 0 radical (unpaired) electrons. The van der Waals surface area contributed by atoms with Gasteiger partial charge >= 0.3 is 0 Å². The van der Waals surface area contributed by atoms with Crippen molar-refractivity contribution in [1.82, 2.24) is 9.80 Å². The van der Waals surface area contributed by atoms with Crippen LogP contribution in [0, 0.1) is 11.3 Å². The van der Waals surface area contributed by atoms with Crippen molar-refractivity contribution in [2.45, 2.75) is 57.9 Å². The molecule has 3 heteroatoms. The van der Waals surface area contributed by atoms with E-state index in [9.17, 15) is 0 Å². The lowest BCUT2D eigenvalue weighted by Crippen LogP contribution is -2.59. The SMILES string of the molecule is CC1(C(C)(CN)N2CCC(CN3CCCC3)CC2)CC1. The Kier molecular flexibility index (Phi) is 4.13. The number of hydrogen-bond acceptors (Lipinski definition) is 3. The molecule has 3 nitrogen and oxygen atoms in total. The van der Waals surface area contributed by atoms with Crippen molar-refractivity contribution in [3.8, 4) is 0 Å². The minimum atomic E-state index is 0.242. The Morgan fingerprint density at radius 3 is 2.20 bits per heavy atom. The molecule has 3 aliphatic rings. The van der Waals surface area contributed by atoms with Crippen LogP contribution in [0.1, 0.15) is 52.4 Å². The van der Waals surface area contributed by atoms with Crippen molar-refractivity contribution < 1.29 is 0 Å². The van der Waals surface area contributed by atoms with Crippen LogP contribution in [-0.4, -0.2) is 54.6 Å². The zero-order valence-electron chi connectivity index (χ0n) is 13.5. The third-order valence-corrected chi connectivity index (χ3v) is 6.73. The molecular formula is C17H33N3. The monoisotopic (exact) mass is 279 g/mol. The molecule has 1 unspecified atom stereocenters. The Bertz CT molecular complexity index is 325. The Morgan fingerprint density at radius 1 is 1.10 bits per heavy atom. The summed E-state index contributed by atoms with van der Waals surface area (Å²) in [5, 5.41) is 0. The summed E-state index contributed by atoms with van der Waals surface area (Å²) in [7, 11) is 0. The fraction of sp³-hybridized carbons (Fsp3) is 1.00. The topological polar surface area (TPSA) is 32.5 Å². The second-order valence-corrected chi connectivity index (χ2v) is 7.98.